The van der Waals surface area contributed by atoms with E-state index in [0.29, 0.717) is 23.3 Å². The Hall–Kier alpha value is -2.65. The monoisotopic (exact) mass is 509 g/mol. The second-order valence-electron chi connectivity index (χ2n) is 5.65. The number of nitrogens with one attached hydrogen (secondary N) is 1. The van der Waals surface area contributed by atoms with Crippen molar-refractivity contribution in [3.05, 3.63) is 74.5 Å². The Morgan fingerprint density at radius 3 is 2.68 bits per heavy atom. The zero-order valence-corrected chi connectivity index (χ0v) is 17.2. The molecule has 0 aliphatic heterocycles. The van der Waals surface area contributed by atoms with Gasteiger partial charge in [-0.1, -0.05) is 17.7 Å². The van der Waals surface area contributed by atoms with Crippen LogP contribution in [-0.4, -0.2) is 24.8 Å². The van der Waals surface area contributed by atoms with Crippen molar-refractivity contribution in [2.75, 3.05) is 11.9 Å². The van der Waals surface area contributed by atoms with Crippen LogP contribution in [0.5, 0.6) is 0 Å². The molecule has 0 aliphatic carbocycles. The molecule has 0 bridgehead atoms. The van der Waals surface area contributed by atoms with Gasteiger partial charge in [-0.2, -0.15) is 0 Å². The maximum absolute atomic E-state index is 12.3. The quantitative estimate of drug-likeness (QED) is 0.293. The van der Waals surface area contributed by atoms with Crippen molar-refractivity contribution in [3.63, 3.8) is 0 Å². The van der Waals surface area contributed by atoms with E-state index in [1.807, 2.05) is 6.07 Å². The molecule has 0 atom stereocenters. The lowest BCUT2D eigenvalue weighted by Gasteiger charge is -2.09. The smallest absolute Gasteiger partial charge is 0.340 e. The number of carbonyl (C=O) groups is 3. The molecule has 0 radical (unpaired) electrons. The third-order valence-corrected chi connectivity index (χ3v) is 4.66. The van der Waals surface area contributed by atoms with Crippen LogP contribution in [0.2, 0.25) is 5.02 Å². The molecule has 0 saturated carbocycles. The summed E-state index contributed by atoms with van der Waals surface area (Å²) < 4.78 is 11.4. The lowest BCUT2D eigenvalue weighted by Crippen LogP contribution is -2.21. The molecule has 0 aliphatic rings. The molecule has 142 valence electrons. The number of carbonyl (C=O) groups excluding carboxylic acids is 3. The molecule has 0 fully saturated rings. The van der Waals surface area contributed by atoms with E-state index < -0.39 is 18.5 Å². The highest BCUT2D eigenvalue weighted by Crippen LogP contribution is 2.27. The number of ether oxygens (including phenoxy) is 1. The first-order chi connectivity index (χ1) is 13.5. The summed E-state index contributed by atoms with van der Waals surface area (Å²) in [4.78, 5) is 35.1. The van der Waals surface area contributed by atoms with Crippen LogP contribution in [0.15, 0.2) is 59.0 Å². The van der Waals surface area contributed by atoms with Crippen molar-refractivity contribution in [1.82, 2.24) is 0 Å². The summed E-state index contributed by atoms with van der Waals surface area (Å²) in [6.07, 6.45) is 0.584. The Bertz CT molecular complexity index is 1050. The molecule has 0 saturated heterocycles. The highest BCUT2D eigenvalue weighted by molar-refractivity contribution is 14.1. The largest absolute Gasteiger partial charge is 0.453 e. The third-order valence-electron chi connectivity index (χ3n) is 3.66. The van der Waals surface area contributed by atoms with E-state index in [1.165, 1.54) is 18.2 Å². The molecule has 1 heterocycles. The van der Waals surface area contributed by atoms with E-state index in [1.54, 1.807) is 30.3 Å². The molecule has 1 aromatic heterocycles. The lowest BCUT2D eigenvalue weighted by atomic mass is 10.1. The summed E-state index contributed by atoms with van der Waals surface area (Å²) in [6, 6.07) is 15.0. The Morgan fingerprint density at radius 2 is 1.96 bits per heavy atom. The van der Waals surface area contributed by atoms with E-state index in [2.05, 4.69) is 27.9 Å². The molecule has 0 spiro atoms. The van der Waals surface area contributed by atoms with Crippen molar-refractivity contribution < 1.29 is 23.5 Å². The van der Waals surface area contributed by atoms with Gasteiger partial charge in [-0.05, 0) is 71.1 Å². The number of hydrogen-bond donors (Lipinski definition) is 1. The van der Waals surface area contributed by atoms with Crippen LogP contribution >= 0.6 is 34.2 Å². The standard InChI is InChI=1S/C20H13ClINO5/c21-17-6-4-12(18-7-5-15(10-24)28-18)8-16(17)20(26)27-11-19(25)23-14-3-1-2-13(22)9-14/h1-10H,11H2,(H,23,25). The highest BCUT2D eigenvalue weighted by atomic mass is 127. The zero-order chi connectivity index (χ0) is 20.1. The number of esters is 1. The number of benzene rings is 2. The topological polar surface area (TPSA) is 85.6 Å². The average Bonchev–Trinajstić information content (AvgIpc) is 3.16. The van der Waals surface area contributed by atoms with Gasteiger partial charge >= 0.3 is 5.97 Å². The SMILES string of the molecule is O=Cc1ccc(-c2ccc(Cl)c(C(=O)OCC(=O)Nc3cccc(I)c3)c2)o1. The first-order valence-electron chi connectivity index (χ1n) is 8.04. The van der Waals surface area contributed by atoms with Gasteiger partial charge in [0.25, 0.3) is 5.91 Å². The normalized spacial score (nSPS) is 10.4. The van der Waals surface area contributed by atoms with E-state index in [4.69, 9.17) is 20.8 Å². The first kappa shape index (κ1) is 20.1. The molecule has 6 nitrogen and oxygen atoms in total. The second-order valence-corrected chi connectivity index (χ2v) is 7.30. The van der Waals surface area contributed by atoms with Crippen LogP contribution in [-0.2, 0) is 9.53 Å². The summed E-state index contributed by atoms with van der Waals surface area (Å²) >= 11 is 8.21. The third kappa shape index (κ3) is 4.99. The van der Waals surface area contributed by atoms with Gasteiger partial charge in [0.15, 0.2) is 18.7 Å². The van der Waals surface area contributed by atoms with Gasteiger partial charge < -0.3 is 14.5 Å². The molecular formula is C20H13ClINO5. The van der Waals surface area contributed by atoms with Gasteiger partial charge in [0.2, 0.25) is 0 Å². The van der Waals surface area contributed by atoms with Crippen molar-refractivity contribution in [2.24, 2.45) is 0 Å². The van der Waals surface area contributed by atoms with Gasteiger partial charge in [0.05, 0.1) is 10.6 Å². The average molecular weight is 510 g/mol. The Kier molecular flexibility index (Phi) is 6.48. The predicted octanol–water partition coefficient (Wildman–Crippen LogP) is 4.81. The minimum Gasteiger partial charge on any atom is -0.453 e. The van der Waals surface area contributed by atoms with E-state index in [-0.39, 0.29) is 16.3 Å². The van der Waals surface area contributed by atoms with Crippen LogP contribution in [0, 0.1) is 3.57 Å². The summed E-state index contributed by atoms with van der Waals surface area (Å²) in [5.74, 6) is -0.637. The minimum absolute atomic E-state index is 0.0882. The Labute approximate surface area is 179 Å². The zero-order valence-electron chi connectivity index (χ0n) is 14.3. The Balaban J connectivity index is 1.67. The summed E-state index contributed by atoms with van der Waals surface area (Å²) in [7, 11) is 0. The number of aldehydes is 1. The van der Waals surface area contributed by atoms with Gasteiger partial charge in [-0.3, -0.25) is 9.59 Å². The fraction of sp³-hybridized carbons (Fsp3) is 0.0500. The fourth-order valence-electron chi connectivity index (χ4n) is 2.38. The van der Waals surface area contributed by atoms with E-state index in [0.717, 1.165) is 3.57 Å². The Morgan fingerprint density at radius 1 is 1.14 bits per heavy atom. The van der Waals surface area contributed by atoms with Gasteiger partial charge in [-0.25, -0.2) is 4.79 Å². The predicted molar refractivity (Wildman–Crippen MR) is 113 cm³/mol. The van der Waals surface area contributed by atoms with Crippen LogP contribution < -0.4 is 5.32 Å². The number of amides is 1. The molecule has 2 aromatic carbocycles. The van der Waals surface area contributed by atoms with Crippen LogP contribution in [0.1, 0.15) is 20.9 Å². The maximum atomic E-state index is 12.3. The van der Waals surface area contributed by atoms with Crippen LogP contribution in [0.4, 0.5) is 5.69 Å². The van der Waals surface area contributed by atoms with Gasteiger partial charge in [0.1, 0.15) is 5.76 Å². The lowest BCUT2D eigenvalue weighted by molar-refractivity contribution is -0.119. The summed E-state index contributed by atoms with van der Waals surface area (Å²) in [6.45, 7) is -0.457. The van der Waals surface area contributed by atoms with Crippen molar-refractivity contribution >= 4 is 58.0 Å². The van der Waals surface area contributed by atoms with E-state index in [9.17, 15) is 14.4 Å². The summed E-state index contributed by atoms with van der Waals surface area (Å²) in [5.41, 5.74) is 1.25. The van der Waals surface area contributed by atoms with Gasteiger partial charge in [-0.15, -0.1) is 0 Å². The molecule has 3 rings (SSSR count). The molecule has 8 heteroatoms. The second kappa shape index (κ2) is 9.03. The van der Waals surface area contributed by atoms with Crippen LogP contribution in [0.25, 0.3) is 11.3 Å². The number of rotatable bonds is 6. The number of hydrogen-bond acceptors (Lipinski definition) is 5. The molecule has 1 amide bonds. The van der Waals surface area contributed by atoms with E-state index >= 15 is 0 Å². The van der Waals surface area contributed by atoms with Crippen molar-refractivity contribution in [3.8, 4) is 11.3 Å². The summed E-state index contributed by atoms with van der Waals surface area (Å²) in [5, 5.41) is 2.82. The maximum Gasteiger partial charge on any atom is 0.340 e. The molecule has 0 unspecified atom stereocenters. The van der Waals surface area contributed by atoms with Crippen molar-refractivity contribution in [2.45, 2.75) is 0 Å². The fourth-order valence-corrected chi connectivity index (χ4v) is 3.12. The number of furan rings is 1. The first-order valence-corrected chi connectivity index (χ1v) is 9.49. The highest BCUT2D eigenvalue weighted by Gasteiger charge is 2.16. The van der Waals surface area contributed by atoms with Crippen molar-refractivity contribution in [1.29, 1.82) is 0 Å². The van der Waals surface area contributed by atoms with Crippen LogP contribution in [0.3, 0.4) is 0 Å². The minimum atomic E-state index is -0.744. The molecule has 3 aromatic rings. The molecule has 28 heavy (non-hydrogen) atoms. The van der Waals surface area contributed by atoms with Gasteiger partial charge in [0, 0.05) is 14.8 Å². The number of halogens is 2. The number of anilines is 1. The molecule has 1 N–H and O–H groups in total. The molecular weight excluding hydrogens is 497 g/mol.